The van der Waals surface area contributed by atoms with Gasteiger partial charge < -0.3 is 48.1 Å². The van der Waals surface area contributed by atoms with E-state index in [9.17, 15) is 10.2 Å². The molecule has 0 aromatic heterocycles. The van der Waals surface area contributed by atoms with Crippen LogP contribution in [0, 0.1) is 23.2 Å². The summed E-state index contributed by atoms with van der Waals surface area (Å²) in [6, 6.07) is 18.0. The van der Waals surface area contributed by atoms with Gasteiger partial charge in [0, 0.05) is 57.0 Å². The van der Waals surface area contributed by atoms with Crippen LogP contribution in [0.5, 0.6) is 5.75 Å². The number of hydrogen-bond acceptors (Lipinski definition) is 11. The van der Waals surface area contributed by atoms with Gasteiger partial charge in [0.05, 0.1) is 44.7 Å². The molecular weight excluding hydrogens is 873 g/mol. The second-order valence-corrected chi connectivity index (χ2v) is 20.2. The molecule has 11 nitrogen and oxygen atoms in total. The Balaban J connectivity index is 1.42. The zero-order chi connectivity index (χ0) is 50.2. The van der Waals surface area contributed by atoms with Crippen molar-refractivity contribution in [2.45, 2.75) is 160 Å². The van der Waals surface area contributed by atoms with E-state index in [1.54, 1.807) is 28.3 Å². The molecule has 2 N–H and O–H groups in total. The fraction of sp³-hybridized carbons (Fsp3) is 0.603. The SMILES string of the molecule is C=CC(O)CC[C@]1(OC)O[C@H](CC(=C)CCCC(=O)[C@@]2(C[C@H](C)[C@@H](C)COCc3ccccc3)CCC(COCOC)=C(C)[C@@H]2/C=C(\C)[C@@H]2C[C@H](C=C)O[C@H](c3ccc(OC)cc3)O2)CC[C@@]1(C)O. The van der Waals surface area contributed by atoms with Gasteiger partial charge in [-0.2, -0.15) is 0 Å². The lowest BCUT2D eigenvalue weighted by Gasteiger charge is -2.50. The Morgan fingerprint density at radius 1 is 0.971 bits per heavy atom. The average molecular weight is 957 g/mol. The predicted molar refractivity (Wildman–Crippen MR) is 271 cm³/mol. The van der Waals surface area contributed by atoms with E-state index in [0.29, 0.717) is 90.4 Å². The Morgan fingerprint density at radius 2 is 1.71 bits per heavy atom. The second kappa shape index (κ2) is 26.6. The normalized spacial score (nSPS) is 29.0. The molecule has 2 aromatic rings. The molecule has 5 rings (SSSR count). The van der Waals surface area contributed by atoms with Gasteiger partial charge in [0.25, 0.3) is 0 Å². The molecule has 2 aliphatic heterocycles. The van der Waals surface area contributed by atoms with Crippen LogP contribution in [0.25, 0.3) is 0 Å². The first-order valence-electron chi connectivity index (χ1n) is 25.1. The monoisotopic (exact) mass is 957 g/mol. The summed E-state index contributed by atoms with van der Waals surface area (Å²) in [5.41, 5.74) is 4.44. The summed E-state index contributed by atoms with van der Waals surface area (Å²) in [4.78, 5) is 15.5. The van der Waals surface area contributed by atoms with E-state index in [1.807, 2.05) is 48.5 Å². The number of benzene rings is 2. The second-order valence-electron chi connectivity index (χ2n) is 20.2. The van der Waals surface area contributed by atoms with Crippen LogP contribution in [-0.2, 0) is 44.6 Å². The van der Waals surface area contributed by atoms with Crippen LogP contribution >= 0.6 is 0 Å². The molecular formula is C58H84O11. The standard InChI is InChI=1S/C58H84O11/c1-12-48(59)27-31-58(64-11)56(8,61)29-28-51(69-58)32-40(3)18-17-21-54(60)57(35-42(5)43(6)36-65-37-45-19-15-14-16-20-45)30-26-47(38-66-39-62-9)44(7)52(57)33-41(4)53-34-49(13-2)67-55(68-53)46-22-24-50(63-10)25-23-46/h12-16,19-20,22-25,33,42-43,48-49,51-53,55,59,61H,1-3,17-18,21,26-32,34-39H2,4-11H3/b41-33+/t42-,43-,48?,49-,51-,52-,53-,55-,56+,57+,58-/m0/s1. The Hall–Kier alpha value is -3.75. The number of hydrogen-bond donors (Lipinski definition) is 2. The van der Waals surface area contributed by atoms with Crippen LogP contribution < -0.4 is 4.74 Å². The maximum atomic E-state index is 15.5. The summed E-state index contributed by atoms with van der Waals surface area (Å²) in [7, 11) is 4.82. The van der Waals surface area contributed by atoms with Crippen LogP contribution in [0.2, 0.25) is 0 Å². The third-order valence-electron chi connectivity index (χ3n) is 15.2. The summed E-state index contributed by atoms with van der Waals surface area (Å²) < 4.78 is 48.6. The molecule has 1 aliphatic carbocycles. The first kappa shape index (κ1) is 56.2. The Labute approximate surface area is 413 Å². The van der Waals surface area contributed by atoms with Crippen molar-refractivity contribution < 1.29 is 52.9 Å². The summed E-state index contributed by atoms with van der Waals surface area (Å²) in [5, 5.41) is 21.7. The zero-order valence-electron chi connectivity index (χ0n) is 43.1. The lowest BCUT2D eigenvalue weighted by Crippen LogP contribution is -2.60. The van der Waals surface area contributed by atoms with Crippen LogP contribution in [0.1, 0.15) is 129 Å². The van der Waals surface area contributed by atoms with Crippen molar-refractivity contribution in [1.29, 1.82) is 0 Å². The van der Waals surface area contributed by atoms with E-state index in [-0.39, 0.29) is 48.6 Å². The molecule has 11 atom stereocenters. The summed E-state index contributed by atoms with van der Waals surface area (Å²) in [6.07, 6.45) is 10.3. The van der Waals surface area contributed by atoms with Crippen molar-refractivity contribution in [3.8, 4) is 5.75 Å². The van der Waals surface area contributed by atoms with Gasteiger partial charge >= 0.3 is 0 Å². The van der Waals surface area contributed by atoms with Crippen molar-refractivity contribution >= 4 is 5.78 Å². The highest BCUT2D eigenvalue weighted by atomic mass is 16.7. The predicted octanol–water partition coefficient (Wildman–Crippen LogP) is 11.5. The smallest absolute Gasteiger partial charge is 0.197 e. The fourth-order valence-corrected chi connectivity index (χ4v) is 10.6. The molecule has 1 unspecified atom stereocenters. The highest BCUT2D eigenvalue weighted by molar-refractivity contribution is 5.86. The number of aliphatic hydroxyl groups excluding tert-OH is 1. The van der Waals surface area contributed by atoms with Crippen molar-refractivity contribution in [2.75, 3.05) is 41.3 Å². The molecule has 2 aromatic carbocycles. The van der Waals surface area contributed by atoms with Gasteiger partial charge in [-0.3, -0.25) is 4.79 Å². The van der Waals surface area contributed by atoms with E-state index in [1.165, 1.54) is 11.6 Å². The van der Waals surface area contributed by atoms with Crippen molar-refractivity contribution in [1.82, 2.24) is 0 Å². The van der Waals surface area contributed by atoms with Crippen LogP contribution in [-0.4, -0.2) is 93.1 Å². The number of ketones is 1. The molecule has 11 heteroatoms. The number of Topliss-reactive ketones (excluding diaryl/α,β-unsaturated/α-hetero) is 1. The number of carbonyl (C=O) groups is 1. The molecule has 0 bridgehead atoms. The highest BCUT2D eigenvalue weighted by Crippen LogP contribution is 2.52. The van der Waals surface area contributed by atoms with Gasteiger partial charge in [0.1, 0.15) is 23.9 Å². The molecule has 382 valence electrons. The molecule has 69 heavy (non-hydrogen) atoms. The van der Waals surface area contributed by atoms with Crippen LogP contribution in [0.15, 0.2) is 115 Å². The topological polar surface area (TPSA) is 131 Å². The maximum absolute atomic E-state index is 15.5. The molecule has 2 saturated heterocycles. The molecule has 0 amide bonds. The molecule has 2 fully saturated rings. The largest absolute Gasteiger partial charge is 0.497 e. The third kappa shape index (κ3) is 14.9. The molecule has 0 radical (unpaired) electrons. The number of ether oxygens (including phenoxy) is 8. The number of methoxy groups -OCH3 is 3. The van der Waals surface area contributed by atoms with Gasteiger partial charge in [-0.15, -0.1) is 13.2 Å². The van der Waals surface area contributed by atoms with E-state index < -0.39 is 29.2 Å². The van der Waals surface area contributed by atoms with Crippen molar-refractivity contribution in [2.24, 2.45) is 23.2 Å². The first-order valence-corrected chi connectivity index (χ1v) is 25.1. The van der Waals surface area contributed by atoms with Gasteiger partial charge in [-0.05, 0) is 119 Å². The molecule has 2 heterocycles. The third-order valence-corrected chi connectivity index (χ3v) is 15.2. The summed E-state index contributed by atoms with van der Waals surface area (Å²) in [5.74, 6) is -0.144. The minimum atomic E-state index is -1.28. The van der Waals surface area contributed by atoms with E-state index in [0.717, 1.165) is 40.0 Å². The van der Waals surface area contributed by atoms with E-state index in [4.69, 9.17) is 37.9 Å². The van der Waals surface area contributed by atoms with E-state index in [2.05, 4.69) is 65.6 Å². The van der Waals surface area contributed by atoms with Crippen molar-refractivity contribution in [3.05, 3.63) is 126 Å². The average Bonchev–Trinajstić information content (AvgIpc) is 3.35. The minimum Gasteiger partial charge on any atom is -0.497 e. The van der Waals surface area contributed by atoms with Gasteiger partial charge in [0.15, 0.2) is 12.1 Å². The number of allylic oxidation sites excluding steroid dienone is 2. The minimum absolute atomic E-state index is 0.160. The van der Waals surface area contributed by atoms with Crippen LogP contribution in [0.4, 0.5) is 0 Å². The maximum Gasteiger partial charge on any atom is 0.197 e. The highest BCUT2D eigenvalue weighted by Gasteiger charge is 2.53. The zero-order valence-corrected chi connectivity index (χ0v) is 43.1. The van der Waals surface area contributed by atoms with Gasteiger partial charge in [-0.25, -0.2) is 0 Å². The quantitative estimate of drug-likeness (QED) is 0.0480. The van der Waals surface area contributed by atoms with Crippen molar-refractivity contribution in [3.63, 3.8) is 0 Å². The molecule has 0 saturated carbocycles. The number of carbonyl (C=O) groups excluding carboxylic acids is 1. The van der Waals surface area contributed by atoms with Gasteiger partial charge in [-0.1, -0.05) is 92.3 Å². The van der Waals surface area contributed by atoms with E-state index >= 15 is 4.79 Å². The first-order chi connectivity index (χ1) is 33.0. The fourth-order valence-electron chi connectivity index (χ4n) is 10.6. The van der Waals surface area contributed by atoms with Crippen LogP contribution in [0.3, 0.4) is 0 Å². The Morgan fingerprint density at radius 3 is 2.38 bits per heavy atom. The Bertz CT molecular complexity index is 2010. The lowest BCUT2D eigenvalue weighted by atomic mass is 9.57. The Kier molecular flexibility index (Phi) is 21.7. The lowest BCUT2D eigenvalue weighted by molar-refractivity contribution is -0.349. The molecule has 0 spiro atoms. The number of aliphatic hydroxyl groups is 2. The molecule has 3 aliphatic rings. The van der Waals surface area contributed by atoms with Gasteiger partial charge in [0.2, 0.25) is 0 Å². The summed E-state index contributed by atoms with van der Waals surface area (Å²) >= 11 is 0. The number of rotatable bonds is 28. The summed E-state index contributed by atoms with van der Waals surface area (Å²) in [6.45, 7) is 24.5.